The van der Waals surface area contributed by atoms with E-state index >= 15 is 0 Å². The summed E-state index contributed by atoms with van der Waals surface area (Å²) in [5, 5.41) is 11.3. The molecule has 22 heavy (non-hydrogen) atoms. The zero-order valence-electron chi connectivity index (χ0n) is 12.4. The molecule has 120 valence electrons. The molecule has 1 N–H and O–H groups in total. The van der Waals surface area contributed by atoms with E-state index in [0.717, 1.165) is 0 Å². The number of nitrogens with zero attached hydrogens (tertiary/aromatic N) is 2. The fourth-order valence-electron chi connectivity index (χ4n) is 2.79. The fraction of sp³-hybridized carbons (Fsp3) is 0.615. The Bertz CT molecular complexity index is 717. The number of hydroxylamine groups is 1. The van der Waals surface area contributed by atoms with Crippen LogP contribution in [0.15, 0.2) is 21.9 Å². The molecule has 3 rings (SSSR count). The molecule has 3 heterocycles. The fourth-order valence-corrected chi connectivity index (χ4v) is 2.79. The van der Waals surface area contributed by atoms with Crippen LogP contribution >= 0.6 is 0 Å². The Hall–Kier alpha value is -1.97. The number of hydrogen-bond acceptors (Lipinski definition) is 6. The van der Waals surface area contributed by atoms with Crippen LogP contribution in [0.2, 0.25) is 0 Å². The predicted octanol–water partition coefficient (Wildman–Crippen LogP) is -0.835. The monoisotopic (exact) mass is 311 g/mol. The maximum absolute atomic E-state index is 12.0. The number of nitrogens with one attached hydrogen (secondary N) is 1. The molecular weight excluding hydrogens is 294 g/mol. The molecule has 1 aromatic heterocycles. The number of fused-ring (bicyclic) bond motifs is 1. The topological polar surface area (TPSA) is 109 Å². The Kier molecular flexibility index (Phi) is 3.42. The lowest BCUT2D eigenvalue weighted by molar-refractivity contribution is -0.421. The molecule has 2 fully saturated rings. The van der Waals surface area contributed by atoms with Gasteiger partial charge < -0.3 is 19.4 Å². The lowest BCUT2D eigenvalue weighted by Gasteiger charge is -2.23. The van der Waals surface area contributed by atoms with Gasteiger partial charge in [-0.1, -0.05) is 0 Å². The SMILES string of the molecule is C[N+]([O-])=CC1OC(n2ccc(=O)[nH]c2=O)C2OC(C)(C)OC12. The van der Waals surface area contributed by atoms with Gasteiger partial charge in [0.2, 0.25) is 0 Å². The van der Waals surface area contributed by atoms with Crippen molar-refractivity contribution in [1.82, 2.24) is 9.55 Å². The zero-order chi connectivity index (χ0) is 16.1. The summed E-state index contributed by atoms with van der Waals surface area (Å²) >= 11 is 0. The summed E-state index contributed by atoms with van der Waals surface area (Å²) in [6.45, 7) is 3.49. The molecule has 4 unspecified atom stereocenters. The molecule has 9 heteroatoms. The zero-order valence-corrected chi connectivity index (χ0v) is 12.4. The minimum atomic E-state index is -0.850. The largest absolute Gasteiger partial charge is 0.624 e. The second kappa shape index (κ2) is 5.04. The van der Waals surface area contributed by atoms with Gasteiger partial charge in [0.15, 0.2) is 24.3 Å². The molecule has 0 bridgehead atoms. The second-order valence-corrected chi connectivity index (χ2v) is 5.77. The lowest BCUT2D eigenvalue weighted by Crippen LogP contribution is -2.37. The van der Waals surface area contributed by atoms with E-state index in [9.17, 15) is 14.8 Å². The van der Waals surface area contributed by atoms with Crippen LogP contribution in [0.25, 0.3) is 0 Å². The van der Waals surface area contributed by atoms with E-state index in [1.54, 1.807) is 13.8 Å². The second-order valence-electron chi connectivity index (χ2n) is 5.77. The Morgan fingerprint density at radius 3 is 2.68 bits per heavy atom. The first kappa shape index (κ1) is 14.9. The predicted molar refractivity (Wildman–Crippen MR) is 74.7 cm³/mol. The summed E-state index contributed by atoms with van der Waals surface area (Å²) in [7, 11) is 1.33. The highest BCUT2D eigenvalue weighted by Crippen LogP contribution is 2.41. The molecule has 0 saturated carbocycles. The van der Waals surface area contributed by atoms with Crippen LogP contribution in [0.1, 0.15) is 20.1 Å². The summed E-state index contributed by atoms with van der Waals surface area (Å²) < 4.78 is 19.1. The minimum Gasteiger partial charge on any atom is -0.624 e. The van der Waals surface area contributed by atoms with Crippen LogP contribution in [-0.2, 0) is 14.2 Å². The first-order chi connectivity index (χ1) is 10.3. The van der Waals surface area contributed by atoms with Crippen molar-refractivity contribution < 1.29 is 18.9 Å². The highest BCUT2D eigenvalue weighted by atomic mass is 16.8. The van der Waals surface area contributed by atoms with E-state index in [2.05, 4.69) is 4.98 Å². The van der Waals surface area contributed by atoms with E-state index in [-0.39, 0.29) is 0 Å². The first-order valence-corrected chi connectivity index (χ1v) is 6.84. The number of ether oxygens (including phenoxy) is 3. The molecule has 9 nitrogen and oxygen atoms in total. The summed E-state index contributed by atoms with van der Waals surface area (Å²) in [6, 6.07) is 1.22. The van der Waals surface area contributed by atoms with Crippen LogP contribution in [-0.4, -0.2) is 51.7 Å². The third-order valence-corrected chi connectivity index (χ3v) is 3.55. The van der Waals surface area contributed by atoms with Crippen LogP contribution in [0.4, 0.5) is 0 Å². The number of rotatable bonds is 2. The van der Waals surface area contributed by atoms with Gasteiger partial charge >= 0.3 is 5.69 Å². The number of hydrogen-bond donors (Lipinski definition) is 1. The lowest BCUT2D eigenvalue weighted by atomic mass is 10.1. The van der Waals surface area contributed by atoms with Crippen molar-refractivity contribution in [2.75, 3.05) is 7.05 Å². The van der Waals surface area contributed by atoms with E-state index < -0.39 is 41.6 Å². The quantitative estimate of drug-likeness (QED) is 0.330. The minimum absolute atomic E-state index is 0.498. The van der Waals surface area contributed by atoms with E-state index in [1.807, 2.05) is 0 Å². The maximum Gasteiger partial charge on any atom is 0.330 e. The Labute approximate surface area is 125 Å². The van der Waals surface area contributed by atoms with E-state index in [0.29, 0.717) is 4.74 Å². The highest BCUT2D eigenvalue weighted by Gasteiger charge is 2.56. The average molecular weight is 311 g/mol. The molecule has 2 aliphatic rings. The van der Waals surface area contributed by atoms with Crippen LogP contribution in [0.5, 0.6) is 0 Å². The molecule has 0 spiro atoms. The summed E-state index contributed by atoms with van der Waals surface area (Å²) in [5.74, 6) is -0.850. The van der Waals surface area contributed by atoms with Crippen molar-refractivity contribution >= 4 is 6.21 Å². The molecule has 1 aromatic rings. The van der Waals surface area contributed by atoms with Gasteiger partial charge in [-0.15, -0.1) is 0 Å². The van der Waals surface area contributed by atoms with Gasteiger partial charge in [0.25, 0.3) is 5.56 Å². The molecule has 2 aliphatic heterocycles. The summed E-state index contributed by atoms with van der Waals surface area (Å²) in [4.78, 5) is 25.3. The smallest absolute Gasteiger partial charge is 0.330 e. The third-order valence-electron chi connectivity index (χ3n) is 3.55. The molecule has 0 radical (unpaired) electrons. The van der Waals surface area contributed by atoms with Crippen LogP contribution < -0.4 is 11.2 Å². The Morgan fingerprint density at radius 2 is 2.05 bits per heavy atom. The van der Waals surface area contributed by atoms with Crippen molar-refractivity contribution in [2.24, 2.45) is 0 Å². The molecule has 0 aromatic carbocycles. The van der Waals surface area contributed by atoms with Crippen molar-refractivity contribution in [3.8, 4) is 0 Å². The number of aromatic amines is 1. The van der Waals surface area contributed by atoms with Crippen molar-refractivity contribution in [2.45, 2.75) is 44.2 Å². The van der Waals surface area contributed by atoms with Gasteiger partial charge in [-0.05, 0) is 13.8 Å². The molecule has 0 amide bonds. The van der Waals surface area contributed by atoms with Gasteiger partial charge in [0, 0.05) is 12.3 Å². The standard InChI is InChI=1S/C13H17N3O6/c1-13(2)21-9-7(6-15(3)19)20-11(10(9)22-13)16-5-4-8(17)14-12(16)18/h4-7,9-11H,1-3H3,(H,14,17,18). The van der Waals surface area contributed by atoms with Gasteiger partial charge in [-0.25, -0.2) is 9.53 Å². The Morgan fingerprint density at radius 1 is 1.36 bits per heavy atom. The molecule has 4 atom stereocenters. The molecular formula is C13H17N3O6. The van der Waals surface area contributed by atoms with Crippen LogP contribution in [0, 0.1) is 5.21 Å². The van der Waals surface area contributed by atoms with E-state index in [1.165, 1.54) is 30.1 Å². The van der Waals surface area contributed by atoms with Gasteiger partial charge in [0.05, 0.1) is 0 Å². The van der Waals surface area contributed by atoms with Gasteiger partial charge in [-0.3, -0.25) is 14.3 Å². The van der Waals surface area contributed by atoms with Crippen LogP contribution in [0.3, 0.4) is 0 Å². The number of aromatic nitrogens is 2. The summed E-state index contributed by atoms with van der Waals surface area (Å²) in [6.07, 6.45) is 0.116. The highest BCUT2D eigenvalue weighted by molar-refractivity contribution is 5.60. The first-order valence-electron chi connectivity index (χ1n) is 6.84. The average Bonchev–Trinajstić information content (AvgIpc) is 2.84. The molecule has 2 saturated heterocycles. The number of H-pyrrole nitrogens is 1. The van der Waals surface area contributed by atoms with Gasteiger partial charge in [0.1, 0.15) is 19.3 Å². The van der Waals surface area contributed by atoms with Crippen molar-refractivity contribution in [3.05, 3.63) is 38.3 Å². The van der Waals surface area contributed by atoms with E-state index in [4.69, 9.17) is 14.2 Å². The normalized spacial score (nSPS) is 33.9. The van der Waals surface area contributed by atoms with Crippen molar-refractivity contribution in [3.63, 3.8) is 0 Å². The third kappa shape index (κ3) is 2.58. The van der Waals surface area contributed by atoms with Crippen molar-refractivity contribution in [1.29, 1.82) is 0 Å². The van der Waals surface area contributed by atoms with Gasteiger partial charge in [-0.2, -0.15) is 0 Å². The molecule has 0 aliphatic carbocycles. The summed E-state index contributed by atoms with van der Waals surface area (Å²) in [5.41, 5.74) is -1.11. The Balaban J connectivity index is 2.00. The maximum atomic E-state index is 12.0.